The van der Waals surface area contributed by atoms with Crippen molar-refractivity contribution in [1.29, 1.82) is 0 Å². The Morgan fingerprint density at radius 2 is 1.75 bits per heavy atom. The van der Waals surface area contributed by atoms with Crippen molar-refractivity contribution in [2.24, 2.45) is 0 Å². The quantitative estimate of drug-likeness (QED) is 0.513. The van der Waals surface area contributed by atoms with Crippen LogP contribution in [0, 0.1) is 0 Å². The van der Waals surface area contributed by atoms with Gasteiger partial charge in [0, 0.05) is 17.8 Å². The van der Waals surface area contributed by atoms with Crippen molar-refractivity contribution in [2.75, 3.05) is 5.32 Å². The molecule has 4 rings (SSSR count). The molecular weight excluding hydrogens is 372 g/mol. The van der Waals surface area contributed by atoms with Gasteiger partial charge in [0.1, 0.15) is 12.2 Å². The van der Waals surface area contributed by atoms with Crippen LogP contribution in [0.4, 0.5) is 5.13 Å². The lowest BCUT2D eigenvalue weighted by Crippen LogP contribution is -2.12. The number of hydrogen-bond acceptors (Lipinski definition) is 5. The maximum atomic E-state index is 12.7. The van der Waals surface area contributed by atoms with E-state index in [1.54, 1.807) is 22.5 Å². The van der Waals surface area contributed by atoms with Crippen LogP contribution in [-0.2, 0) is 13.2 Å². The molecule has 0 bridgehead atoms. The standard InChI is InChI=1S/C21H18N4O2S/c26-19(23-21-22-11-12-28-21)18-14-25(13-16-7-3-1-4-8-16)24-20(18)27-15-17-9-5-2-6-10-17/h1-12,14H,13,15H2,(H,22,23,26). The van der Waals surface area contributed by atoms with Gasteiger partial charge in [-0.2, -0.15) is 0 Å². The SMILES string of the molecule is O=C(Nc1nccs1)c1cn(Cc2ccccc2)nc1OCc1ccccc1. The Morgan fingerprint density at radius 3 is 2.43 bits per heavy atom. The van der Waals surface area contributed by atoms with E-state index in [1.807, 2.05) is 60.7 Å². The highest BCUT2D eigenvalue weighted by Crippen LogP contribution is 2.21. The van der Waals surface area contributed by atoms with Crippen molar-refractivity contribution in [3.05, 3.63) is 95.1 Å². The minimum atomic E-state index is -0.294. The minimum absolute atomic E-state index is 0.294. The van der Waals surface area contributed by atoms with Gasteiger partial charge in [-0.1, -0.05) is 60.7 Å². The van der Waals surface area contributed by atoms with E-state index < -0.39 is 0 Å². The third kappa shape index (κ3) is 4.44. The molecule has 0 atom stereocenters. The molecule has 2 aromatic carbocycles. The molecular formula is C21H18N4O2S. The van der Waals surface area contributed by atoms with Gasteiger partial charge in [-0.3, -0.25) is 14.8 Å². The van der Waals surface area contributed by atoms with Crippen LogP contribution < -0.4 is 10.1 Å². The summed E-state index contributed by atoms with van der Waals surface area (Å²) in [6.45, 7) is 0.883. The lowest BCUT2D eigenvalue weighted by Gasteiger charge is -2.05. The highest BCUT2D eigenvalue weighted by Gasteiger charge is 2.19. The minimum Gasteiger partial charge on any atom is -0.471 e. The van der Waals surface area contributed by atoms with E-state index in [0.717, 1.165) is 11.1 Å². The number of carbonyl (C=O) groups is 1. The van der Waals surface area contributed by atoms with Crippen molar-refractivity contribution in [1.82, 2.24) is 14.8 Å². The van der Waals surface area contributed by atoms with Gasteiger partial charge < -0.3 is 4.74 Å². The number of amides is 1. The molecule has 7 heteroatoms. The number of nitrogens with one attached hydrogen (secondary N) is 1. The first-order valence-corrected chi connectivity index (χ1v) is 9.65. The Balaban J connectivity index is 1.56. The molecule has 140 valence electrons. The molecule has 0 spiro atoms. The Labute approximate surface area is 166 Å². The van der Waals surface area contributed by atoms with Crippen LogP contribution in [0.25, 0.3) is 0 Å². The number of ether oxygens (including phenoxy) is 1. The number of aromatic nitrogens is 3. The number of rotatable bonds is 7. The molecule has 2 aromatic heterocycles. The summed E-state index contributed by atoms with van der Waals surface area (Å²) in [4.78, 5) is 16.8. The van der Waals surface area contributed by atoms with Crippen molar-refractivity contribution in [3.8, 4) is 5.88 Å². The fourth-order valence-corrected chi connectivity index (χ4v) is 3.22. The molecule has 0 saturated heterocycles. The molecule has 0 radical (unpaired) electrons. The van der Waals surface area contributed by atoms with Crippen LogP contribution in [0.15, 0.2) is 78.4 Å². The first-order valence-electron chi connectivity index (χ1n) is 8.77. The predicted octanol–water partition coefficient (Wildman–Crippen LogP) is 4.22. The van der Waals surface area contributed by atoms with E-state index >= 15 is 0 Å². The zero-order chi connectivity index (χ0) is 19.2. The molecule has 4 aromatic rings. The molecule has 0 unspecified atom stereocenters. The molecule has 0 aliphatic rings. The van der Waals surface area contributed by atoms with E-state index in [1.165, 1.54) is 11.3 Å². The molecule has 1 N–H and O–H groups in total. The number of carbonyl (C=O) groups excluding carboxylic acids is 1. The third-order valence-electron chi connectivity index (χ3n) is 4.03. The highest BCUT2D eigenvalue weighted by molar-refractivity contribution is 7.13. The fraction of sp³-hybridized carbons (Fsp3) is 0.0952. The molecule has 28 heavy (non-hydrogen) atoms. The number of nitrogens with zero attached hydrogens (tertiary/aromatic N) is 3. The monoisotopic (exact) mass is 390 g/mol. The highest BCUT2D eigenvalue weighted by atomic mass is 32.1. The summed E-state index contributed by atoms with van der Waals surface area (Å²) in [6.07, 6.45) is 3.35. The zero-order valence-corrected chi connectivity index (χ0v) is 15.8. The van der Waals surface area contributed by atoms with Crippen molar-refractivity contribution in [3.63, 3.8) is 0 Å². The number of thiazole rings is 1. The Hall–Kier alpha value is -3.45. The largest absolute Gasteiger partial charge is 0.471 e. The Kier molecular flexibility index (Phi) is 5.44. The zero-order valence-electron chi connectivity index (χ0n) is 15.0. The maximum Gasteiger partial charge on any atom is 0.264 e. The smallest absolute Gasteiger partial charge is 0.264 e. The summed E-state index contributed by atoms with van der Waals surface area (Å²) in [5.41, 5.74) is 2.47. The predicted molar refractivity (Wildman–Crippen MR) is 109 cm³/mol. The van der Waals surface area contributed by atoms with Crippen LogP contribution in [0.2, 0.25) is 0 Å². The summed E-state index contributed by atoms with van der Waals surface area (Å²) in [7, 11) is 0. The van der Waals surface area contributed by atoms with Gasteiger partial charge in [-0.25, -0.2) is 4.98 Å². The summed E-state index contributed by atoms with van der Waals surface area (Å²) >= 11 is 1.36. The lowest BCUT2D eigenvalue weighted by atomic mass is 10.2. The first-order chi connectivity index (χ1) is 13.8. The van der Waals surface area contributed by atoms with Gasteiger partial charge in [0.25, 0.3) is 5.91 Å². The summed E-state index contributed by atoms with van der Waals surface area (Å²) in [5.74, 6) is 0.00571. The molecule has 0 aliphatic heterocycles. The van der Waals surface area contributed by atoms with E-state index in [2.05, 4.69) is 15.4 Å². The van der Waals surface area contributed by atoms with Crippen LogP contribution >= 0.6 is 11.3 Å². The Bertz CT molecular complexity index is 1030. The van der Waals surface area contributed by atoms with Crippen LogP contribution in [0.3, 0.4) is 0 Å². The third-order valence-corrected chi connectivity index (χ3v) is 4.72. The Morgan fingerprint density at radius 1 is 1.04 bits per heavy atom. The average Bonchev–Trinajstić information content (AvgIpc) is 3.38. The summed E-state index contributed by atoms with van der Waals surface area (Å²) in [5, 5.41) is 9.62. The molecule has 0 saturated carbocycles. The van der Waals surface area contributed by atoms with E-state index in [-0.39, 0.29) is 5.91 Å². The van der Waals surface area contributed by atoms with Crippen molar-refractivity contribution >= 4 is 22.4 Å². The second-order valence-corrected chi connectivity index (χ2v) is 6.99. The van der Waals surface area contributed by atoms with E-state index in [0.29, 0.717) is 29.7 Å². The van der Waals surface area contributed by atoms with Crippen molar-refractivity contribution < 1.29 is 9.53 Å². The van der Waals surface area contributed by atoms with Crippen LogP contribution in [-0.4, -0.2) is 20.7 Å². The van der Waals surface area contributed by atoms with Gasteiger partial charge >= 0.3 is 0 Å². The average molecular weight is 390 g/mol. The topological polar surface area (TPSA) is 69.0 Å². The number of benzene rings is 2. The normalized spacial score (nSPS) is 10.6. The van der Waals surface area contributed by atoms with Gasteiger partial charge in [0.15, 0.2) is 5.13 Å². The molecule has 1 amide bonds. The van der Waals surface area contributed by atoms with Gasteiger partial charge in [0.05, 0.1) is 6.54 Å². The number of hydrogen-bond donors (Lipinski definition) is 1. The second-order valence-electron chi connectivity index (χ2n) is 6.10. The van der Waals surface area contributed by atoms with Crippen LogP contribution in [0.1, 0.15) is 21.5 Å². The lowest BCUT2D eigenvalue weighted by molar-refractivity contribution is 0.102. The van der Waals surface area contributed by atoms with Gasteiger partial charge in [-0.15, -0.1) is 16.4 Å². The van der Waals surface area contributed by atoms with E-state index in [9.17, 15) is 4.79 Å². The first kappa shape index (κ1) is 17.9. The maximum absolute atomic E-state index is 12.7. The van der Waals surface area contributed by atoms with E-state index in [4.69, 9.17) is 4.74 Å². The van der Waals surface area contributed by atoms with Crippen LogP contribution in [0.5, 0.6) is 5.88 Å². The molecule has 0 aliphatic carbocycles. The number of anilines is 1. The summed E-state index contributed by atoms with van der Waals surface area (Å²) < 4.78 is 7.59. The van der Waals surface area contributed by atoms with Crippen molar-refractivity contribution in [2.45, 2.75) is 13.2 Å². The van der Waals surface area contributed by atoms with Gasteiger partial charge in [0.2, 0.25) is 5.88 Å². The second kappa shape index (κ2) is 8.49. The van der Waals surface area contributed by atoms with Gasteiger partial charge in [-0.05, 0) is 11.1 Å². The molecule has 2 heterocycles. The fourth-order valence-electron chi connectivity index (χ4n) is 2.69. The summed E-state index contributed by atoms with van der Waals surface area (Å²) in [6, 6.07) is 19.7. The molecule has 6 nitrogen and oxygen atoms in total. The molecule has 0 fully saturated rings.